The van der Waals surface area contributed by atoms with Crippen LogP contribution < -0.4 is 5.32 Å². The van der Waals surface area contributed by atoms with Gasteiger partial charge in [0.2, 0.25) is 0 Å². The molecule has 16 heavy (non-hydrogen) atoms. The summed E-state index contributed by atoms with van der Waals surface area (Å²) in [6.07, 6.45) is 3.79. The van der Waals surface area contributed by atoms with Crippen LogP contribution in [-0.4, -0.2) is 36.1 Å². The number of hydrogen-bond donors (Lipinski definition) is 1. The molecule has 0 aliphatic carbocycles. The number of nitrogens with zero attached hydrogens (tertiary/aromatic N) is 2. The van der Waals surface area contributed by atoms with Crippen molar-refractivity contribution in [2.75, 3.05) is 26.2 Å². The highest BCUT2D eigenvalue weighted by Crippen LogP contribution is 2.27. The molecule has 0 bridgehead atoms. The summed E-state index contributed by atoms with van der Waals surface area (Å²) >= 11 is 3.50. The van der Waals surface area contributed by atoms with E-state index in [1.807, 2.05) is 12.1 Å². The fraction of sp³-hybridized carbons (Fsp3) is 0.417. The third-order valence-electron chi connectivity index (χ3n) is 2.87. The second-order valence-electron chi connectivity index (χ2n) is 3.85. The van der Waals surface area contributed by atoms with E-state index in [-0.39, 0.29) is 6.04 Å². The molecule has 1 saturated heterocycles. The van der Waals surface area contributed by atoms with Gasteiger partial charge in [-0.25, -0.2) is 4.98 Å². The van der Waals surface area contributed by atoms with E-state index in [1.54, 1.807) is 6.20 Å². The molecule has 86 valence electrons. The first kappa shape index (κ1) is 11.8. The van der Waals surface area contributed by atoms with Crippen molar-refractivity contribution in [2.45, 2.75) is 6.04 Å². The molecule has 0 radical (unpaired) electrons. The fourth-order valence-corrected chi connectivity index (χ4v) is 2.54. The first-order chi connectivity index (χ1) is 7.83. The maximum absolute atomic E-state index is 4.27. The smallest absolute Gasteiger partial charge is 0.111 e. The van der Waals surface area contributed by atoms with E-state index in [9.17, 15) is 0 Å². The Morgan fingerprint density at radius 2 is 2.25 bits per heavy atom. The van der Waals surface area contributed by atoms with Gasteiger partial charge in [-0.05, 0) is 22.0 Å². The van der Waals surface area contributed by atoms with Gasteiger partial charge in [-0.2, -0.15) is 0 Å². The number of hydrogen-bond acceptors (Lipinski definition) is 3. The first-order valence-electron chi connectivity index (χ1n) is 5.50. The molecule has 3 nitrogen and oxygen atoms in total. The Bertz CT molecular complexity index is 361. The fourth-order valence-electron chi connectivity index (χ4n) is 2.05. The molecule has 1 atom stereocenters. The van der Waals surface area contributed by atoms with Crippen molar-refractivity contribution in [2.24, 2.45) is 0 Å². The van der Waals surface area contributed by atoms with Gasteiger partial charge in [0.1, 0.15) is 4.60 Å². The molecule has 0 unspecified atom stereocenters. The number of halogens is 1. The molecule has 1 N–H and O–H groups in total. The largest absolute Gasteiger partial charge is 0.314 e. The molecule has 1 aromatic heterocycles. The molecule has 0 saturated carbocycles. The summed E-state index contributed by atoms with van der Waals surface area (Å²) in [5.74, 6) is 0. The van der Waals surface area contributed by atoms with Crippen LogP contribution in [0.4, 0.5) is 0 Å². The van der Waals surface area contributed by atoms with Gasteiger partial charge in [0, 0.05) is 37.9 Å². The maximum Gasteiger partial charge on any atom is 0.111 e. The van der Waals surface area contributed by atoms with Crippen LogP contribution in [0.1, 0.15) is 11.6 Å². The lowest BCUT2D eigenvalue weighted by atomic mass is 10.1. The van der Waals surface area contributed by atoms with E-state index in [4.69, 9.17) is 0 Å². The maximum atomic E-state index is 4.27. The normalized spacial score (nSPS) is 19.3. The second-order valence-corrected chi connectivity index (χ2v) is 4.60. The van der Waals surface area contributed by atoms with E-state index < -0.39 is 0 Å². The zero-order valence-electron chi connectivity index (χ0n) is 9.19. The van der Waals surface area contributed by atoms with Gasteiger partial charge < -0.3 is 5.32 Å². The van der Waals surface area contributed by atoms with Gasteiger partial charge in [0.25, 0.3) is 0 Å². The van der Waals surface area contributed by atoms with Gasteiger partial charge in [-0.1, -0.05) is 12.1 Å². The van der Waals surface area contributed by atoms with Crippen molar-refractivity contribution < 1.29 is 0 Å². The summed E-state index contributed by atoms with van der Waals surface area (Å²) < 4.78 is 0.915. The molecule has 1 fully saturated rings. The average molecular weight is 282 g/mol. The Morgan fingerprint density at radius 1 is 1.50 bits per heavy atom. The second kappa shape index (κ2) is 5.57. The lowest BCUT2D eigenvalue weighted by Crippen LogP contribution is -2.44. The third-order valence-corrected chi connectivity index (χ3v) is 3.54. The highest BCUT2D eigenvalue weighted by Gasteiger charge is 2.21. The Hall–Kier alpha value is -0.710. The van der Waals surface area contributed by atoms with Gasteiger partial charge in [0.15, 0.2) is 0 Å². The van der Waals surface area contributed by atoms with Crippen LogP contribution in [0.2, 0.25) is 0 Å². The van der Waals surface area contributed by atoms with Crippen LogP contribution in [0.3, 0.4) is 0 Å². The van der Waals surface area contributed by atoms with Crippen LogP contribution in [-0.2, 0) is 0 Å². The van der Waals surface area contributed by atoms with Crippen LogP contribution in [0, 0.1) is 0 Å². The molecule has 1 aliphatic heterocycles. The highest BCUT2D eigenvalue weighted by atomic mass is 79.9. The van der Waals surface area contributed by atoms with Crippen LogP contribution >= 0.6 is 15.9 Å². The number of rotatable bonds is 3. The minimum Gasteiger partial charge on any atom is -0.314 e. The standard InChI is InChI=1S/C12H16BrN3/c1-2-11(16-8-6-14-7-9-16)10-4-3-5-15-12(10)13/h2-5,11,14H,1,6-9H2/t11-/m0/s1. The summed E-state index contributed by atoms with van der Waals surface area (Å²) in [4.78, 5) is 6.69. The molecule has 0 aromatic carbocycles. The summed E-state index contributed by atoms with van der Waals surface area (Å²) in [6, 6.07) is 4.33. The molecule has 0 spiro atoms. The molecular weight excluding hydrogens is 266 g/mol. The van der Waals surface area contributed by atoms with Crippen LogP contribution in [0.15, 0.2) is 35.6 Å². The molecule has 2 rings (SSSR count). The highest BCUT2D eigenvalue weighted by molar-refractivity contribution is 9.10. The molecule has 2 heterocycles. The van der Waals surface area contributed by atoms with Crippen LogP contribution in [0.5, 0.6) is 0 Å². The van der Waals surface area contributed by atoms with Crippen molar-refractivity contribution in [1.29, 1.82) is 0 Å². The summed E-state index contributed by atoms with van der Waals surface area (Å²) in [7, 11) is 0. The quantitative estimate of drug-likeness (QED) is 0.678. The predicted molar refractivity (Wildman–Crippen MR) is 69.3 cm³/mol. The van der Waals surface area contributed by atoms with E-state index in [0.29, 0.717) is 0 Å². The Morgan fingerprint density at radius 3 is 2.88 bits per heavy atom. The lowest BCUT2D eigenvalue weighted by Gasteiger charge is -2.33. The number of aromatic nitrogens is 1. The minimum atomic E-state index is 0.255. The predicted octanol–water partition coefficient (Wildman–Crippen LogP) is 1.98. The topological polar surface area (TPSA) is 28.2 Å². The van der Waals surface area contributed by atoms with E-state index in [0.717, 1.165) is 30.8 Å². The molecule has 1 aromatic rings. The number of nitrogens with one attached hydrogen (secondary N) is 1. The SMILES string of the molecule is C=C[C@@H](c1cccnc1Br)N1CCNCC1. The molecule has 4 heteroatoms. The Kier molecular flexibility index (Phi) is 4.09. The lowest BCUT2D eigenvalue weighted by molar-refractivity contribution is 0.203. The Labute approximate surface area is 105 Å². The average Bonchev–Trinajstić information content (AvgIpc) is 2.34. The summed E-state index contributed by atoms with van der Waals surface area (Å²) in [6.45, 7) is 8.14. The van der Waals surface area contributed by atoms with Gasteiger partial charge in [-0.3, -0.25) is 4.90 Å². The van der Waals surface area contributed by atoms with Gasteiger partial charge in [0.05, 0.1) is 6.04 Å². The summed E-state index contributed by atoms with van der Waals surface area (Å²) in [5.41, 5.74) is 1.19. The van der Waals surface area contributed by atoms with E-state index in [1.165, 1.54) is 5.56 Å². The van der Waals surface area contributed by atoms with Crippen LogP contribution in [0.25, 0.3) is 0 Å². The van der Waals surface area contributed by atoms with Gasteiger partial charge >= 0.3 is 0 Å². The van der Waals surface area contributed by atoms with Crippen molar-refractivity contribution in [3.05, 3.63) is 41.2 Å². The number of piperazine rings is 1. The zero-order chi connectivity index (χ0) is 11.4. The third kappa shape index (κ3) is 2.51. The molecule has 1 aliphatic rings. The first-order valence-corrected chi connectivity index (χ1v) is 6.30. The summed E-state index contributed by atoms with van der Waals surface area (Å²) in [5, 5.41) is 3.36. The van der Waals surface area contributed by atoms with Crippen molar-refractivity contribution in [1.82, 2.24) is 15.2 Å². The number of pyridine rings is 1. The minimum absolute atomic E-state index is 0.255. The van der Waals surface area contributed by atoms with Gasteiger partial charge in [-0.15, -0.1) is 6.58 Å². The van der Waals surface area contributed by atoms with E-state index in [2.05, 4.69) is 43.8 Å². The zero-order valence-corrected chi connectivity index (χ0v) is 10.8. The molecular formula is C12H16BrN3. The van der Waals surface area contributed by atoms with E-state index >= 15 is 0 Å². The van der Waals surface area contributed by atoms with Crippen molar-refractivity contribution in [3.8, 4) is 0 Å². The monoisotopic (exact) mass is 281 g/mol. The van der Waals surface area contributed by atoms with Crippen molar-refractivity contribution >= 4 is 15.9 Å². The molecule has 0 amide bonds. The Balaban J connectivity index is 2.21. The van der Waals surface area contributed by atoms with Crippen molar-refractivity contribution in [3.63, 3.8) is 0 Å².